The standard InChI is InChI=1S/C13H11N7S/c14-11(9-7-16-5-6-17-9)19-12(15)20-13-18-8-3-1-2-4-10(8)21-13/h1-7H,(H4,14,15,18,19,20). The maximum absolute atomic E-state index is 5.79. The molecule has 0 radical (unpaired) electrons. The smallest absolute Gasteiger partial charge is 0.224 e. The maximum atomic E-state index is 5.79. The zero-order chi connectivity index (χ0) is 14.7. The predicted octanol–water partition coefficient (Wildman–Crippen LogP) is 1.44. The van der Waals surface area contributed by atoms with E-state index in [1.807, 2.05) is 24.3 Å². The second-order valence-electron chi connectivity index (χ2n) is 4.02. The fourth-order valence-electron chi connectivity index (χ4n) is 1.64. The minimum absolute atomic E-state index is 0.0252. The highest BCUT2D eigenvalue weighted by Crippen LogP contribution is 2.27. The van der Waals surface area contributed by atoms with Crippen LogP contribution in [0.4, 0.5) is 5.13 Å². The Balaban J connectivity index is 1.89. The van der Waals surface area contributed by atoms with Crippen LogP contribution in [0.1, 0.15) is 5.69 Å². The Bertz CT molecular complexity index is 790. The van der Waals surface area contributed by atoms with Crippen molar-refractivity contribution in [3.63, 3.8) is 0 Å². The second kappa shape index (κ2) is 5.63. The number of aromatic nitrogens is 3. The molecule has 2 heterocycles. The second-order valence-corrected chi connectivity index (χ2v) is 5.03. The fourth-order valence-corrected chi connectivity index (χ4v) is 2.49. The molecule has 0 aliphatic heterocycles. The van der Waals surface area contributed by atoms with Crippen molar-refractivity contribution in [2.24, 2.45) is 21.5 Å². The molecule has 0 aliphatic carbocycles. The highest BCUT2D eigenvalue weighted by Gasteiger charge is 2.04. The van der Waals surface area contributed by atoms with Gasteiger partial charge in [0, 0.05) is 12.4 Å². The Morgan fingerprint density at radius 1 is 1.14 bits per heavy atom. The number of amidine groups is 1. The molecule has 21 heavy (non-hydrogen) atoms. The largest absolute Gasteiger partial charge is 0.382 e. The van der Waals surface area contributed by atoms with Crippen molar-refractivity contribution in [2.75, 3.05) is 0 Å². The number of benzene rings is 1. The predicted molar refractivity (Wildman–Crippen MR) is 83.7 cm³/mol. The van der Waals surface area contributed by atoms with Crippen LogP contribution in [0, 0.1) is 0 Å². The number of fused-ring (bicyclic) bond motifs is 1. The van der Waals surface area contributed by atoms with Gasteiger partial charge in [0.25, 0.3) is 0 Å². The molecule has 0 aliphatic rings. The minimum Gasteiger partial charge on any atom is -0.382 e. The van der Waals surface area contributed by atoms with Crippen molar-refractivity contribution < 1.29 is 0 Å². The van der Waals surface area contributed by atoms with E-state index in [2.05, 4.69) is 24.9 Å². The van der Waals surface area contributed by atoms with Crippen molar-refractivity contribution in [1.82, 2.24) is 15.0 Å². The van der Waals surface area contributed by atoms with Gasteiger partial charge in [-0.3, -0.25) is 4.98 Å². The summed E-state index contributed by atoms with van der Waals surface area (Å²) in [5, 5.41) is 0.532. The average molecular weight is 297 g/mol. The zero-order valence-corrected chi connectivity index (χ0v) is 11.7. The van der Waals surface area contributed by atoms with E-state index in [4.69, 9.17) is 11.5 Å². The zero-order valence-electron chi connectivity index (χ0n) is 10.8. The summed E-state index contributed by atoms with van der Waals surface area (Å²) in [4.78, 5) is 20.4. The lowest BCUT2D eigenvalue weighted by Crippen LogP contribution is -2.20. The van der Waals surface area contributed by atoms with Crippen LogP contribution in [0.15, 0.2) is 52.8 Å². The van der Waals surface area contributed by atoms with Gasteiger partial charge in [-0.05, 0) is 12.1 Å². The fraction of sp³-hybridized carbons (Fsp3) is 0. The first-order chi connectivity index (χ1) is 10.2. The number of nitrogens with zero attached hydrogens (tertiary/aromatic N) is 5. The van der Waals surface area contributed by atoms with Crippen LogP contribution in [-0.2, 0) is 0 Å². The molecule has 0 saturated carbocycles. The van der Waals surface area contributed by atoms with Crippen molar-refractivity contribution in [3.05, 3.63) is 48.5 Å². The molecular formula is C13H11N7S. The molecule has 0 atom stereocenters. The van der Waals surface area contributed by atoms with Gasteiger partial charge < -0.3 is 11.5 Å². The molecule has 3 aromatic rings. The van der Waals surface area contributed by atoms with E-state index in [9.17, 15) is 0 Å². The van der Waals surface area contributed by atoms with Gasteiger partial charge in [-0.25, -0.2) is 9.97 Å². The third kappa shape index (κ3) is 3.00. The Labute approximate surface area is 124 Å². The number of aliphatic imine (C=N–C) groups is 2. The summed E-state index contributed by atoms with van der Waals surface area (Å²) in [6.45, 7) is 0. The summed E-state index contributed by atoms with van der Waals surface area (Å²) < 4.78 is 1.04. The lowest BCUT2D eigenvalue weighted by atomic mass is 10.3. The molecule has 0 fully saturated rings. The number of thiazole rings is 1. The van der Waals surface area contributed by atoms with E-state index >= 15 is 0 Å². The van der Waals surface area contributed by atoms with Gasteiger partial charge >= 0.3 is 0 Å². The number of hydrogen-bond donors (Lipinski definition) is 2. The van der Waals surface area contributed by atoms with Crippen molar-refractivity contribution in [1.29, 1.82) is 0 Å². The molecule has 104 valence electrons. The number of hydrogen-bond acceptors (Lipinski definition) is 5. The summed E-state index contributed by atoms with van der Waals surface area (Å²) in [6, 6.07) is 7.75. The summed E-state index contributed by atoms with van der Waals surface area (Å²) in [5.74, 6) is 0.183. The normalized spacial score (nSPS) is 12.8. The third-order valence-electron chi connectivity index (χ3n) is 2.55. The third-order valence-corrected chi connectivity index (χ3v) is 3.48. The first-order valence-electron chi connectivity index (χ1n) is 6.02. The van der Waals surface area contributed by atoms with Crippen LogP contribution in [0.2, 0.25) is 0 Å². The number of nitrogens with two attached hydrogens (primary N) is 2. The van der Waals surface area contributed by atoms with Crippen LogP contribution < -0.4 is 11.5 Å². The topological polar surface area (TPSA) is 115 Å². The van der Waals surface area contributed by atoms with Crippen molar-refractivity contribution in [2.45, 2.75) is 0 Å². The summed E-state index contributed by atoms with van der Waals surface area (Å²) in [6.07, 6.45) is 4.58. The lowest BCUT2D eigenvalue weighted by Gasteiger charge is -1.97. The highest BCUT2D eigenvalue weighted by molar-refractivity contribution is 7.22. The molecule has 0 unspecified atom stereocenters. The molecule has 0 bridgehead atoms. The van der Waals surface area contributed by atoms with E-state index in [1.165, 1.54) is 23.7 Å². The Kier molecular flexibility index (Phi) is 3.52. The molecule has 8 heteroatoms. The SMILES string of the molecule is N/C(=N\C(N)=N\c1nc2ccccc2s1)c1cnccn1. The average Bonchev–Trinajstić information content (AvgIpc) is 2.90. The molecule has 2 aromatic heterocycles. The van der Waals surface area contributed by atoms with Gasteiger partial charge in [-0.15, -0.1) is 0 Å². The van der Waals surface area contributed by atoms with E-state index in [0.29, 0.717) is 10.8 Å². The Morgan fingerprint density at radius 2 is 2.00 bits per heavy atom. The first kappa shape index (κ1) is 13.1. The number of guanidine groups is 1. The highest BCUT2D eigenvalue weighted by atomic mass is 32.1. The Hall–Kier alpha value is -2.87. The van der Waals surface area contributed by atoms with E-state index in [-0.39, 0.29) is 11.8 Å². The van der Waals surface area contributed by atoms with Crippen molar-refractivity contribution >= 4 is 38.5 Å². The molecule has 0 amide bonds. The van der Waals surface area contributed by atoms with Gasteiger partial charge in [0.1, 0.15) is 5.69 Å². The number of rotatable bonds is 2. The van der Waals surface area contributed by atoms with Gasteiger partial charge in [0.2, 0.25) is 11.1 Å². The molecule has 0 spiro atoms. The van der Waals surface area contributed by atoms with Gasteiger partial charge in [-0.1, -0.05) is 23.5 Å². The summed E-state index contributed by atoms with van der Waals surface area (Å²) in [7, 11) is 0. The monoisotopic (exact) mass is 297 g/mol. The Morgan fingerprint density at radius 3 is 2.76 bits per heavy atom. The maximum Gasteiger partial charge on any atom is 0.224 e. The molecular weight excluding hydrogens is 286 g/mol. The molecule has 3 rings (SSSR count). The first-order valence-corrected chi connectivity index (χ1v) is 6.84. The van der Waals surface area contributed by atoms with Crippen LogP contribution in [0.25, 0.3) is 10.2 Å². The van der Waals surface area contributed by atoms with Gasteiger partial charge in [0.15, 0.2) is 5.84 Å². The number of para-hydroxylation sites is 1. The molecule has 4 N–H and O–H groups in total. The molecule has 1 aromatic carbocycles. The summed E-state index contributed by atoms with van der Waals surface area (Å²) >= 11 is 1.43. The van der Waals surface area contributed by atoms with Crippen LogP contribution in [0.3, 0.4) is 0 Å². The van der Waals surface area contributed by atoms with Crippen molar-refractivity contribution in [3.8, 4) is 0 Å². The van der Waals surface area contributed by atoms with E-state index in [0.717, 1.165) is 10.2 Å². The quantitative estimate of drug-likeness (QED) is 0.548. The van der Waals surface area contributed by atoms with Crippen LogP contribution in [0.5, 0.6) is 0 Å². The van der Waals surface area contributed by atoms with Crippen LogP contribution >= 0.6 is 11.3 Å². The van der Waals surface area contributed by atoms with E-state index in [1.54, 1.807) is 6.20 Å². The lowest BCUT2D eigenvalue weighted by molar-refractivity contribution is 1.17. The molecule has 7 nitrogen and oxygen atoms in total. The van der Waals surface area contributed by atoms with Gasteiger partial charge in [-0.2, -0.15) is 9.98 Å². The summed E-state index contributed by atoms with van der Waals surface area (Å²) in [5.41, 5.74) is 12.9. The molecule has 0 saturated heterocycles. The van der Waals surface area contributed by atoms with Gasteiger partial charge in [0.05, 0.1) is 16.4 Å². The minimum atomic E-state index is 0.0252. The van der Waals surface area contributed by atoms with Crippen LogP contribution in [-0.4, -0.2) is 26.7 Å². The van der Waals surface area contributed by atoms with E-state index < -0.39 is 0 Å².